The van der Waals surface area contributed by atoms with E-state index in [1.807, 2.05) is 19.1 Å². The van der Waals surface area contributed by atoms with E-state index in [1.165, 1.54) is 12.1 Å². The standard InChI is InChI=1S/C16H26FNO/c1-5-18-15(16(12(3)4)19-6-2)11-13-7-9-14(17)10-8-13/h7-10,12,15-16,18H,5-6,11H2,1-4H3. The van der Waals surface area contributed by atoms with Gasteiger partial charge in [-0.3, -0.25) is 0 Å². The van der Waals surface area contributed by atoms with E-state index in [9.17, 15) is 4.39 Å². The molecule has 19 heavy (non-hydrogen) atoms. The fourth-order valence-corrected chi connectivity index (χ4v) is 2.41. The topological polar surface area (TPSA) is 21.3 Å². The van der Waals surface area contributed by atoms with Gasteiger partial charge in [-0.15, -0.1) is 0 Å². The van der Waals surface area contributed by atoms with Gasteiger partial charge in [0.1, 0.15) is 5.82 Å². The highest BCUT2D eigenvalue weighted by Crippen LogP contribution is 2.16. The Labute approximate surface area is 116 Å². The van der Waals surface area contributed by atoms with Gasteiger partial charge in [0, 0.05) is 12.6 Å². The molecule has 2 nitrogen and oxygen atoms in total. The van der Waals surface area contributed by atoms with Crippen molar-refractivity contribution in [1.29, 1.82) is 0 Å². The highest BCUT2D eigenvalue weighted by Gasteiger charge is 2.24. The van der Waals surface area contributed by atoms with E-state index >= 15 is 0 Å². The summed E-state index contributed by atoms with van der Waals surface area (Å²) >= 11 is 0. The van der Waals surface area contributed by atoms with Crippen LogP contribution in [0.1, 0.15) is 33.3 Å². The van der Waals surface area contributed by atoms with Crippen LogP contribution < -0.4 is 5.32 Å². The number of rotatable bonds is 8. The van der Waals surface area contributed by atoms with Crippen molar-refractivity contribution in [2.24, 2.45) is 5.92 Å². The Morgan fingerprint density at radius 3 is 2.26 bits per heavy atom. The Morgan fingerprint density at radius 1 is 1.16 bits per heavy atom. The third-order valence-corrected chi connectivity index (χ3v) is 3.25. The summed E-state index contributed by atoms with van der Waals surface area (Å²) < 4.78 is 18.8. The van der Waals surface area contributed by atoms with Gasteiger partial charge in [0.2, 0.25) is 0 Å². The van der Waals surface area contributed by atoms with Crippen LogP contribution in [0.3, 0.4) is 0 Å². The maximum atomic E-state index is 12.9. The van der Waals surface area contributed by atoms with E-state index in [0.717, 1.165) is 18.5 Å². The lowest BCUT2D eigenvalue weighted by Gasteiger charge is -2.30. The van der Waals surface area contributed by atoms with Crippen molar-refractivity contribution in [1.82, 2.24) is 5.32 Å². The van der Waals surface area contributed by atoms with Gasteiger partial charge in [-0.1, -0.05) is 32.9 Å². The molecule has 108 valence electrons. The highest BCUT2D eigenvalue weighted by molar-refractivity contribution is 5.17. The normalized spacial score (nSPS) is 14.6. The minimum absolute atomic E-state index is 0.176. The molecule has 0 saturated heterocycles. The summed E-state index contributed by atoms with van der Waals surface area (Å²) in [5, 5.41) is 3.49. The van der Waals surface area contributed by atoms with Gasteiger partial charge in [-0.05, 0) is 43.5 Å². The van der Waals surface area contributed by atoms with Crippen molar-refractivity contribution in [3.05, 3.63) is 35.6 Å². The van der Waals surface area contributed by atoms with Crippen LogP contribution in [0.2, 0.25) is 0 Å². The summed E-state index contributed by atoms with van der Waals surface area (Å²) in [4.78, 5) is 0. The first-order valence-electron chi connectivity index (χ1n) is 7.17. The summed E-state index contributed by atoms with van der Waals surface area (Å²) in [5.41, 5.74) is 1.14. The van der Waals surface area contributed by atoms with Crippen LogP contribution in [0.15, 0.2) is 24.3 Å². The number of hydrogen-bond acceptors (Lipinski definition) is 2. The average molecular weight is 267 g/mol. The van der Waals surface area contributed by atoms with E-state index in [0.29, 0.717) is 12.5 Å². The van der Waals surface area contributed by atoms with Gasteiger partial charge in [0.05, 0.1) is 6.10 Å². The van der Waals surface area contributed by atoms with Gasteiger partial charge >= 0.3 is 0 Å². The lowest BCUT2D eigenvalue weighted by molar-refractivity contribution is 0.00395. The average Bonchev–Trinajstić information content (AvgIpc) is 2.38. The lowest BCUT2D eigenvalue weighted by atomic mass is 9.93. The molecule has 0 heterocycles. The van der Waals surface area contributed by atoms with Gasteiger partial charge < -0.3 is 10.1 Å². The zero-order chi connectivity index (χ0) is 14.3. The third-order valence-electron chi connectivity index (χ3n) is 3.25. The quantitative estimate of drug-likeness (QED) is 0.779. The number of hydrogen-bond donors (Lipinski definition) is 1. The van der Waals surface area contributed by atoms with Gasteiger partial charge in [-0.2, -0.15) is 0 Å². The molecular weight excluding hydrogens is 241 g/mol. The van der Waals surface area contributed by atoms with Gasteiger partial charge in [-0.25, -0.2) is 4.39 Å². The van der Waals surface area contributed by atoms with Crippen molar-refractivity contribution in [2.75, 3.05) is 13.2 Å². The molecule has 0 amide bonds. The largest absolute Gasteiger partial charge is 0.377 e. The molecule has 3 heteroatoms. The van der Waals surface area contributed by atoms with Crippen LogP contribution in [0.25, 0.3) is 0 Å². The molecule has 0 fully saturated rings. The van der Waals surface area contributed by atoms with E-state index in [-0.39, 0.29) is 18.0 Å². The van der Waals surface area contributed by atoms with Crippen LogP contribution in [0, 0.1) is 11.7 Å². The number of nitrogens with one attached hydrogen (secondary N) is 1. The summed E-state index contributed by atoms with van der Waals surface area (Å²) in [6.07, 6.45) is 1.03. The molecule has 0 aromatic heterocycles. The zero-order valence-electron chi connectivity index (χ0n) is 12.4. The fraction of sp³-hybridized carbons (Fsp3) is 0.625. The first-order valence-corrected chi connectivity index (χ1v) is 7.17. The van der Waals surface area contributed by atoms with E-state index < -0.39 is 0 Å². The van der Waals surface area contributed by atoms with Crippen molar-refractivity contribution >= 4 is 0 Å². The Morgan fingerprint density at radius 2 is 1.79 bits per heavy atom. The van der Waals surface area contributed by atoms with Crippen LogP contribution >= 0.6 is 0 Å². The fourth-order valence-electron chi connectivity index (χ4n) is 2.41. The van der Waals surface area contributed by atoms with E-state index in [1.54, 1.807) is 0 Å². The van der Waals surface area contributed by atoms with E-state index in [2.05, 4.69) is 26.1 Å². The van der Waals surface area contributed by atoms with Crippen LogP contribution in [0.4, 0.5) is 4.39 Å². The van der Waals surface area contributed by atoms with Crippen LogP contribution in [-0.4, -0.2) is 25.3 Å². The molecule has 1 aromatic rings. The Balaban J connectivity index is 2.77. The summed E-state index contributed by atoms with van der Waals surface area (Å²) in [6.45, 7) is 10.1. The number of likely N-dealkylation sites (N-methyl/N-ethyl adjacent to an activating group) is 1. The Kier molecular flexibility index (Phi) is 7.03. The predicted octanol–water partition coefficient (Wildman–Crippen LogP) is 3.41. The van der Waals surface area contributed by atoms with Crippen molar-refractivity contribution in [3.63, 3.8) is 0 Å². The molecule has 0 aliphatic heterocycles. The van der Waals surface area contributed by atoms with Crippen molar-refractivity contribution in [3.8, 4) is 0 Å². The summed E-state index contributed by atoms with van der Waals surface area (Å²) in [6, 6.07) is 6.99. The minimum Gasteiger partial charge on any atom is -0.377 e. The summed E-state index contributed by atoms with van der Waals surface area (Å²) in [5.74, 6) is 0.262. The molecule has 1 rings (SSSR count). The molecule has 0 aliphatic carbocycles. The maximum absolute atomic E-state index is 12.9. The molecule has 0 spiro atoms. The molecule has 0 bridgehead atoms. The molecule has 0 aliphatic rings. The lowest BCUT2D eigenvalue weighted by Crippen LogP contribution is -2.45. The van der Waals surface area contributed by atoms with E-state index in [4.69, 9.17) is 4.74 Å². The van der Waals surface area contributed by atoms with Crippen molar-refractivity contribution < 1.29 is 9.13 Å². The van der Waals surface area contributed by atoms with Crippen LogP contribution in [0.5, 0.6) is 0 Å². The second kappa shape index (κ2) is 8.28. The smallest absolute Gasteiger partial charge is 0.123 e. The summed E-state index contributed by atoms with van der Waals surface area (Å²) in [7, 11) is 0. The zero-order valence-corrected chi connectivity index (χ0v) is 12.4. The monoisotopic (exact) mass is 267 g/mol. The van der Waals surface area contributed by atoms with Crippen LogP contribution in [-0.2, 0) is 11.2 Å². The Hall–Kier alpha value is -0.930. The molecular formula is C16H26FNO. The molecule has 2 atom stereocenters. The maximum Gasteiger partial charge on any atom is 0.123 e. The predicted molar refractivity (Wildman–Crippen MR) is 77.8 cm³/mol. The minimum atomic E-state index is -0.186. The third kappa shape index (κ3) is 5.29. The highest BCUT2D eigenvalue weighted by atomic mass is 19.1. The molecule has 0 radical (unpaired) electrons. The SMILES string of the molecule is CCNC(Cc1ccc(F)cc1)C(OCC)C(C)C. The second-order valence-electron chi connectivity index (χ2n) is 5.16. The second-order valence-corrected chi connectivity index (χ2v) is 5.16. The first kappa shape index (κ1) is 16.1. The first-order chi connectivity index (χ1) is 9.08. The Bertz CT molecular complexity index is 350. The molecule has 1 aromatic carbocycles. The molecule has 2 unspecified atom stereocenters. The number of halogens is 1. The van der Waals surface area contributed by atoms with Gasteiger partial charge in [0.25, 0.3) is 0 Å². The van der Waals surface area contributed by atoms with Crippen molar-refractivity contribution in [2.45, 2.75) is 46.3 Å². The number of ether oxygens (including phenoxy) is 1. The molecule has 0 saturated carbocycles. The number of benzene rings is 1. The van der Waals surface area contributed by atoms with Gasteiger partial charge in [0.15, 0.2) is 0 Å². The molecule has 1 N–H and O–H groups in total.